The van der Waals surface area contributed by atoms with E-state index >= 15 is 0 Å². The zero-order valence-electron chi connectivity index (χ0n) is 8.09. The highest BCUT2D eigenvalue weighted by molar-refractivity contribution is 5.17. The Morgan fingerprint density at radius 1 is 1.55 bits per heavy atom. The second-order valence-corrected chi connectivity index (χ2v) is 3.06. The van der Waals surface area contributed by atoms with Gasteiger partial charge in [-0.3, -0.25) is 0 Å². The van der Waals surface area contributed by atoms with Gasteiger partial charge in [0, 0.05) is 19.8 Å². The number of allylic oxidation sites excluding steroid dienone is 2. The van der Waals surface area contributed by atoms with E-state index < -0.39 is 0 Å². The van der Waals surface area contributed by atoms with Crippen LogP contribution in [0.1, 0.15) is 20.8 Å². The van der Waals surface area contributed by atoms with E-state index in [0.29, 0.717) is 5.92 Å². The Labute approximate surface area is 70.4 Å². The molecule has 11 heavy (non-hydrogen) atoms. The van der Waals surface area contributed by atoms with E-state index in [1.165, 1.54) is 5.57 Å². The van der Waals surface area contributed by atoms with Gasteiger partial charge in [-0.15, -0.1) is 0 Å². The van der Waals surface area contributed by atoms with Gasteiger partial charge >= 0.3 is 0 Å². The SMILES string of the molecule is C=C/C(=C\N(C)CC)C(C)C. The molecule has 0 bridgehead atoms. The zero-order valence-corrected chi connectivity index (χ0v) is 8.09. The van der Waals surface area contributed by atoms with Crippen molar-refractivity contribution in [2.24, 2.45) is 5.92 Å². The van der Waals surface area contributed by atoms with Crippen LogP contribution >= 0.6 is 0 Å². The Morgan fingerprint density at radius 3 is 2.36 bits per heavy atom. The first-order chi connectivity index (χ1) is 5.11. The van der Waals surface area contributed by atoms with Crippen LogP contribution in [-0.4, -0.2) is 18.5 Å². The number of hydrogen-bond acceptors (Lipinski definition) is 1. The van der Waals surface area contributed by atoms with Crippen molar-refractivity contribution in [2.45, 2.75) is 20.8 Å². The second-order valence-electron chi connectivity index (χ2n) is 3.06. The molecule has 0 unspecified atom stereocenters. The summed E-state index contributed by atoms with van der Waals surface area (Å²) < 4.78 is 0. The number of hydrogen-bond donors (Lipinski definition) is 0. The molecule has 1 heteroatoms. The summed E-state index contributed by atoms with van der Waals surface area (Å²) in [5.41, 5.74) is 1.30. The van der Waals surface area contributed by atoms with E-state index in [0.717, 1.165) is 6.54 Å². The molecule has 0 aromatic carbocycles. The number of nitrogens with zero attached hydrogens (tertiary/aromatic N) is 1. The van der Waals surface area contributed by atoms with Gasteiger partial charge in [0.25, 0.3) is 0 Å². The van der Waals surface area contributed by atoms with Crippen molar-refractivity contribution in [3.63, 3.8) is 0 Å². The van der Waals surface area contributed by atoms with Crippen LogP contribution in [0.25, 0.3) is 0 Å². The van der Waals surface area contributed by atoms with Crippen LogP contribution in [0.4, 0.5) is 0 Å². The van der Waals surface area contributed by atoms with E-state index in [4.69, 9.17) is 0 Å². The lowest BCUT2D eigenvalue weighted by molar-refractivity contribution is 0.475. The molecule has 0 fully saturated rings. The summed E-state index contributed by atoms with van der Waals surface area (Å²) in [6.07, 6.45) is 4.08. The normalized spacial score (nSPS) is 11.9. The summed E-state index contributed by atoms with van der Waals surface area (Å²) in [6.45, 7) is 11.3. The van der Waals surface area contributed by atoms with Crippen molar-refractivity contribution < 1.29 is 0 Å². The first-order valence-electron chi connectivity index (χ1n) is 4.16. The van der Waals surface area contributed by atoms with Crippen LogP contribution in [0.3, 0.4) is 0 Å². The van der Waals surface area contributed by atoms with Gasteiger partial charge in [-0.25, -0.2) is 0 Å². The van der Waals surface area contributed by atoms with Crippen molar-refractivity contribution in [2.75, 3.05) is 13.6 Å². The third kappa shape index (κ3) is 3.87. The van der Waals surface area contributed by atoms with Crippen molar-refractivity contribution >= 4 is 0 Å². The summed E-state index contributed by atoms with van der Waals surface area (Å²) in [5.74, 6) is 0.571. The van der Waals surface area contributed by atoms with Crippen LogP contribution in [0, 0.1) is 5.92 Å². The molecule has 0 N–H and O–H groups in total. The molecule has 0 saturated heterocycles. The van der Waals surface area contributed by atoms with Gasteiger partial charge in [0.15, 0.2) is 0 Å². The lowest BCUT2D eigenvalue weighted by Crippen LogP contribution is -2.11. The number of rotatable bonds is 4. The molecule has 0 spiro atoms. The molecular formula is C10H19N. The minimum absolute atomic E-state index is 0.571. The fraction of sp³-hybridized carbons (Fsp3) is 0.600. The third-order valence-corrected chi connectivity index (χ3v) is 1.77. The minimum atomic E-state index is 0.571. The lowest BCUT2D eigenvalue weighted by Gasteiger charge is -2.14. The molecule has 0 aromatic rings. The molecule has 0 radical (unpaired) electrons. The Balaban J connectivity index is 4.22. The predicted molar refractivity (Wildman–Crippen MR) is 51.4 cm³/mol. The summed E-state index contributed by atoms with van der Waals surface area (Å²) >= 11 is 0. The topological polar surface area (TPSA) is 3.24 Å². The fourth-order valence-corrected chi connectivity index (χ4v) is 0.783. The molecule has 0 heterocycles. The molecule has 1 nitrogen and oxygen atoms in total. The van der Waals surface area contributed by atoms with E-state index in [9.17, 15) is 0 Å². The van der Waals surface area contributed by atoms with Crippen molar-refractivity contribution in [1.29, 1.82) is 0 Å². The lowest BCUT2D eigenvalue weighted by atomic mass is 10.1. The highest BCUT2D eigenvalue weighted by Crippen LogP contribution is 2.10. The van der Waals surface area contributed by atoms with Gasteiger partial charge < -0.3 is 4.90 Å². The van der Waals surface area contributed by atoms with Gasteiger partial charge in [0.1, 0.15) is 0 Å². The Kier molecular flexibility index (Phi) is 4.67. The maximum atomic E-state index is 3.77. The van der Waals surface area contributed by atoms with Crippen molar-refractivity contribution in [3.05, 3.63) is 24.4 Å². The van der Waals surface area contributed by atoms with Gasteiger partial charge in [-0.1, -0.05) is 26.5 Å². The van der Waals surface area contributed by atoms with Crippen LogP contribution in [-0.2, 0) is 0 Å². The first kappa shape index (κ1) is 10.3. The summed E-state index contributed by atoms with van der Waals surface area (Å²) in [4.78, 5) is 2.16. The van der Waals surface area contributed by atoms with Gasteiger partial charge in [0.2, 0.25) is 0 Å². The Hall–Kier alpha value is -0.720. The molecular weight excluding hydrogens is 134 g/mol. The quantitative estimate of drug-likeness (QED) is 0.561. The van der Waals surface area contributed by atoms with Crippen LogP contribution < -0.4 is 0 Å². The largest absolute Gasteiger partial charge is 0.380 e. The van der Waals surface area contributed by atoms with E-state index in [-0.39, 0.29) is 0 Å². The average molecular weight is 153 g/mol. The molecule has 0 saturated carbocycles. The Bertz CT molecular complexity index is 145. The zero-order chi connectivity index (χ0) is 8.85. The first-order valence-corrected chi connectivity index (χ1v) is 4.16. The highest BCUT2D eigenvalue weighted by atomic mass is 15.1. The summed E-state index contributed by atoms with van der Waals surface area (Å²) in [5, 5.41) is 0. The molecule has 0 aliphatic heterocycles. The molecule has 0 aromatic heterocycles. The molecule has 0 rings (SSSR count). The predicted octanol–water partition coefficient (Wildman–Crippen LogP) is 2.66. The van der Waals surface area contributed by atoms with Crippen LogP contribution in [0.2, 0.25) is 0 Å². The van der Waals surface area contributed by atoms with Gasteiger partial charge in [0.05, 0.1) is 0 Å². The van der Waals surface area contributed by atoms with Crippen LogP contribution in [0.5, 0.6) is 0 Å². The Morgan fingerprint density at radius 2 is 2.09 bits per heavy atom. The van der Waals surface area contributed by atoms with E-state index in [2.05, 4.69) is 45.5 Å². The second kappa shape index (κ2) is 5.00. The smallest absolute Gasteiger partial charge is 0.0140 e. The standard InChI is InChI=1S/C10H19N/c1-6-10(9(3)4)8-11(5)7-2/h6,8-9H,1,7H2,2-5H3/b10-8+. The average Bonchev–Trinajstić information content (AvgIpc) is 1.99. The minimum Gasteiger partial charge on any atom is -0.380 e. The monoisotopic (exact) mass is 153 g/mol. The van der Waals surface area contributed by atoms with Crippen molar-refractivity contribution in [3.8, 4) is 0 Å². The molecule has 0 aliphatic carbocycles. The maximum absolute atomic E-state index is 3.77. The molecule has 0 aliphatic rings. The maximum Gasteiger partial charge on any atom is 0.0140 e. The summed E-state index contributed by atoms with van der Waals surface area (Å²) in [7, 11) is 2.08. The van der Waals surface area contributed by atoms with Crippen LogP contribution in [0.15, 0.2) is 24.4 Å². The fourth-order valence-electron chi connectivity index (χ4n) is 0.783. The van der Waals surface area contributed by atoms with Gasteiger partial charge in [-0.2, -0.15) is 0 Å². The molecule has 0 amide bonds. The van der Waals surface area contributed by atoms with E-state index in [1.807, 2.05) is 6.08 Å². The molecule has 0 atom stereocenters. The molecule has 64 valence electrons. The van der Waals surface area contributed by atoms with Gasteiger partial charge in [-0.05, 0) is 18.4 Å². The van der Waals surface area contributed by atoms with Crippen molar-refractivity contribution in [1.82, 2.24) is 4.90 Å². The highest BCUT2D eigenvalue weighted by Gasteiger charge is 1.98. The van der Waals surface area contributed by atoms with E-state index in [1.54, 1.807) is 0 Å². The summed E-state index contributed by atoms with van der Waals surface area (Å²) in [6, 6.07) is 0. The third-order valence-electron chi connectivity index (χ3n) is 1.77.